The van der Waals surface area contributed by atoms with Crippen molar-refractivity contribution >= 4 is 5.97 Å². The van der Waals surface area contributed by atoms with Crippen molar-refractivity contribution in [2.45, 2.75) is 32.9 Å². The van der Waals surface area contributed by atoms with Crippen molar-refractivity contribution in [3.63, 3.8) is 0 Å². The lowest BCUT2D eigenvalue weighted by Crippen LogP contribution is -2.15. The van der Waals surface area contributed by atoms with E-state index in [4.69, 9.17) is 14.6 Å². The third kappa shape index (κ3) is 4.08. The van der Waals surface area contributed by atoms with Crippen LogP contribution in [0.5, 0.6) is 0 Å². The topological polar surface area (TPSA) is 86.5 Å². The number of rotatable bonds is 8. The lowest BCUT2D eigenvalue weighted by molar-refractivity contribution is 0.0679. The van der Waals surface area contributed by atoms with Crippen LogP contribution >= 0.6 is 0 Å². The molecule has 0 atom stereocenters. The average Bonchev–Trinajstić information content (AvgIpc) is 2.69. The van der Waals surface area contributed by atoms with E-state index in [9.17, 15) is 4.79 Å². The van der Waals surface area contributed by atoms with Crippen molar-refractivity contribution in [1.29, 1.82) is 0 Å². The van der Waals surface area contributed by atoms with Crippen molar-refractivity contribution in [2.24, 2.45) is 0 Å². The second-order valence-electron chi connectivity index (χ2n) is 4.08. The maximum Gasteiger partial charge on any atom is 0.358 e. The minimum Gasteiger partial charge on any atom is -0.476 e. The third-order valence-corrected chi connectivity index (χ3v) is 2.34. The summed E-state index contributed by atoms with van der Waals surface area (Å²) in [6, 6.07) is 0. The van der Waals surface area contributed by atoms with Gasteiger partial charge in [-0.15, -0.1) is 5.10 Å². The Hall–Kier alpha value is -1.47. The molecular weight excluding hydrogens is 238 g/mol. The van der Waals surface area contributed by atoms with Crippen LogP contribution in [0.1, 0.15) is 30.0 Å². The number of carboxylic acid groups (broad SMARTS) is 1. The highest BCUT2D eigenvalue weighted by Gasteiger charge is 2.18. The van der Waals surface area contributed by atoms with Crippen LogP contribution in [0, 0.1) is 0 Å². The van der Waals surface area contributed by atoms with E-state index in [0.29, 0.717) is 31.9 Å². The van der Waals surface area contributed by atoms with E-state index in [1.165, 1.54) is 0 Å². The zero-order chi connectivity index (χ0) is 13.5. The molecule has 0 aliphatic heterocycles. The highest BCUT2D eigenvalue weighted by atomic mass is 16.5. The Balaban J connectivity index is 2.73. The first kappa shape index (κ1) is 14.6. The lowest BCUT2D eigenvalue weighted by Gasteiger charge is -2.09. The molecule has 0 aliphatic carbocycles. The summed E-state index contributed by atoms with van der Waals surface area (Å²) < 4.78 is 11.9. The summed E-state index contributed by atoms with van der Waals surface area (Å²) in [5, 5.41) is 16.5. The van der Waals surface area contributed by atoms with Gasteiger partial charge in [0.05, 0.1) is 31.6 Å². The van der Waals surface area contributed by atoms with Crippen LogP contribution in [0.3, 0.4) is 0 Å². The number of hydrogen-bond donors (Lipinski definition) is 1. The summed E-state index contributed by atoms with van der Waals surface area (Å²) in [5.41, 5.74) is 0.549. The van der Waals surface area contributed by atoms with Crippen LogP contribution in [0.15, 0.2) is 0 Å². The van der Waals surface area contributed by atoms with E-state index in [-0.39, 0.29) is 11.8 Å². The molecule has 0 amide bonds. The monoisotopic (exact) mass is 257 g/mol. The molecule has 0 radical (unpaired) electrons. The van der Waals surface area contributed by atoms with Crippen LogP contribution < -0.4 is 0 Å². The molecule has 0 unspecified atom stereocenters. The number of methoxy groups -OCH3 is 1. The molecule has 0 spiro atoms. The Bertz CT molecular complexity index is 390. The third-order valence-electron chi connectivity index (χ3n) is 2.34. The molecule has 0 fully saturated rings. The van der Waals surface area contributed by atoms with Crippen molar-refractivity contribution in [2.75, 3.05) is 20.3 Å². The van der Waals surface area contributed by atoms with Gasteiger partial charge in [-0.05, 0) is 13.8 Å². The van der Waals surface area contributed by atoms with Crippen molar-refractivity contribution < 1.29 is 19.4 Å². The van der Waals surface area contributed by atoms with Gasteiger partial charge in [-0.25, -0.2) is 9.48 Å². The summed E-state index contributed by atoms with van der Waals surface area (Å²) in [4.78, 5) is 11.0. The standard InChI is InChI=1S/C11H19N3O4/c1-8(2)18-7-5-14-9(4-6-17-3)10(11(15)16)12-13-14/h8H,4-7H2,1-3H3,(H,15,16). The molecule has 18 heavy (non-hydrogen) atoms. The molecule has 7 nitrogen and oxygen atoms in total. The molecule has 102 valence electrons. The fourth-order valence-corrected chi connectivity index (χ4v) is 1.50. The van der Waals surface area contributed by atoms with E-state index < -0.39 is 5.97 Å². The first-order valence-electron chi connectivity index (χ1n) is 5.82. The molecule has 7 heteroatoms. The summed E-state index contributed by atoms with van der Waals surface area (Å²) >= 11 is 0. The van der Waals surface area contributed by atoms with Crippen molar-refractivity contribution in [1.82, 2.24) is 15.0 Å². The minimum atomic E-state index is -1.07. The van der Waals surface area contributed by atoms with Gasteiger partial charge in [0.25, 0.3) is 0 Å². The van der Waals surface area contributed by atoms with Gasteiger partial charge >= 0.3 is 5.97 Å². The van der Waals surface area contributed by atoms with Gasteiger partial charge in [0.2, 0.25) is 0 Å². The average molecular weight is 257 g/mol. The molecule has 0 aromatic carbocycles. The largest absolute Gasteiger partial charge is 0.476 e. The van der Waals surface area contributed by atoms with Crippen LogP contribution in [-0.4, -0.2) is 52.5 Å². The minimum absolute atomic E-state index is 0.0170. The fourth-order valence-electron chi connectivity index (χ4n) is 1.50. The molecule has 0 saturated heterocycles. The Morgan fingerprint density at radius 1 is 1.44 bits per heavy atom. The molecule has 1 aromatic rings. The first-order chi connectivity index (χ1) is 8.56. The SMILES string of the molecule is COCCc1c(C(=O)O)nnn1CCOC(C)C. The number of aromatic carboxylic acids is 1. The van der Waals surface area contributed by atoms with Crippen LogP contribution in [0.2, 0.25) is 0 Å². The zero-order valence-corrected chi connectivity index (χ0v) is 10.9. The second kappa shape index (κ2) is 7.07. The number of carboxylic acids is 1. The predicted molar refractivity (Wildman–Crippen MR) is 63.6 cm³/mol. The number of hydrogen-bond acceptors (Lipinski definition) is 5. The zero-order valence-electron chi connectivity index (χ0n) is 10.9. The van der Waals surface area contributed by atoms with Gasteiger partial charge in [-0.3, -0.25) is 0 Å². The van der Waals surface area contributed by atoms with Gasteiger partial charge in [-0.2, -0.15) is 0 Å². The molecule has 1 rings (SSSR count). The summed E-state index contributed by atoms with van der Waals surface area (Å²) in [7, 11) is 1.57. The Morgan fingerprint density at radius 2 is 2.17 bits per heavy atom. The highest BCUT2D eigenvalue weighted by Crippen LogP contribution is 2.07. The van der Waals surface area contributed by atoms with E-state index in [2.05, 4.69) is 10.3 Å². The fraction of sp³-hybridized carbons (Fsp3) is 0.727. The summed E-state index contributed by atoms with van der Waals surface area (Å²) in [5.74, 6) is -1.07. The molecule has 0 saturated carbocycles. The molecule has 1 aromatic heterocycles. The van der Waals surface area contributed by atoms with Crippen LogP contribution in [0.25, 0.3) is 0 Å². The van der Waals surface area contributed by atoms with Gasteiger partial charge < -0.3 is 14.6 Å². The van der Waals surface area contributed by atoms with Gasteiger partial charge in [0.1, 0.15) is 0 Å². The van der Waals surface area contributed by atoms with Gasteiger partial charge in [-0.1, -0.05) is 5.21 Å². The summed E-state index contributed by atoms with van der Waals surface area (Å²) in [6.45, 7) is 5.27. The second-order valence-corrected chi connectivity index (χ2v) is 4.08. The van der Waals surface area contributed by atoms with Crippen molar-refractivity contribution in [3.05, 3.63) is 11.4 Å². The number of nitrogens with zero attached hydrogens (tertiary/aromatic N) is 3. The van der Waals surface area contributed by atoms with Crippen molar-refractivity contribution in [3.8, 4) is 0 Å². The Labute approximate surface area is 106 Å². The maximum atomic E-state index is 11.0. The van der Waals surface area contributed by atoms with Crippen LogP contribution in [0.4, 0.5) is 0 Å². The lowest BCUT2D eigenvalue weighted by atomic mass is 10.2. The number of ether oxygens (including phenoxy) is 2. The van der Waals surface area contributed by atoms with E-state index in [0.717, 1.165) is 0 Å². The van der Waals surface area contributed by atoms with E-state index in [1.807, 2.05) is 13.8 Å². The van der Waals surface area contributed by atoms with Gasteiger partial charge in [0, 0.05) is 13.5 Å². The van der Waals surface area contributed by atoms with E-state index >= 15 is 0 Å². The maximum absolute atomic E-state index is 11.0. The molecular formula is C11H19N3O4. The summed E-state index contributed by atoms with van der Waals surface area (Å²) in [6.07, 6.45) is 0.599. The normalized spacial score (nSPS) is 11.1. The van der Waals surface area contributed by atoms with E-state index in [1.54, 1.807) is 11.8 Å². The Kier molecular flexibility index (Phi) is 5.73. The number of aromatic nitrogens is 3. The first-order valence-corrected chi connectivity index (χ1v) is 5.82. The smallest absolute Gasteiger partial charge is 0.358 e. The van der Waals surface area contributed by atoms with Crippen LogP contribution in [-0.2, 0) is 22.4 Å². The number of carbonyl (C=O) groups is 1. The quantitative estimate of drug-likeness (QED) is 0.733. The predicted octanol–water partition coefficient (Wildman–Crippen LogP) is 0.590. The molecule has 0 aliphatic rings. The van der Waals surface area contributed by atoms with Gasteiger partial charge in [0.15, 0.2) is 5.69 Å². The molecule has 1 N–H and O–H groups in total. The highest BCUT2D eigenvalue weighted by molar-refractivity contribution is 5.86. The molecule has 1 heterocycles. The molecule has 0 bridgehead atoms. The Morgan fingerprint density at radius 3 is 2.72 bits per heavy atom.